The largest absolute Gasteiger partial charge is 0.478 e. The van der Waals surface area contributed by atoms with E-state index in [2.05, 4.69) is 0 Å². The highest BCUT2D eigenvalue weighted by molar-refractivity contribution is 5.92. The molecule has 19 heavy (non-hydrogen) atoms. The summed E-state index contributed by atoms with van der Waals surface area (Å²) in [6, 6.07) is 5.45. The molecule has 0 atom stereocenters. The van der Waals surface area contributed by atoms with Crippen LogP contribution in [0.25, 0.3) is 0 Å². The van der Waals surface area contributed by atoms with Crippen molar-refractivity contribution < 1.29 is 24.5 Å². The molecular weight excluding hydrogens is 248 g/mol. The van der Waals surface area contributed by atoms with Crippen molar-refractivity contribution in [1.29, 1.82) is 0 Å². The molecule has 1 aromatic rings. The van der Waals surface area contributed by atoms with Gasteiger partial charge in [0.25, 0.3) is 0 Å². The Morgan fingerprint density at radius 2 is 1.53 bits per heavy atom. The molecule has 1 fully saturated rings. The number of benzene rings is 1. The number of esters is 1. The quantitative estimate of drug-likeness (QED) is 0.645. The molecule has 5 heteroatoms. The van der Waals surface area contributed by atoms with Crippen LogP contribution in [0, 0.1) is 0 Å². The Morgan fingerprint density at radius 1 is 1.00 bits per heavy atom. The Balaban J connectivity index is 2.05. The van der Waals surface area contributed by atoms with Crippen LogP contribution in [0.1, 0.15) is 52.8 Å². The summed E-state index contributed by atoms with van der Waals surface area (Å²) >= 11 is 0. The summed E-state index contributed by atoms with van der Waals surface area (Å²) in [5.74, 6) is -3.05. The molecule has 0 radical (unpaired) electrons. The lowest BCUT2D eigenvalue weighted by Gasteiger charge is -2.31. The fraction of sp³-hybridized carbons (Fsp3) is 0.429. The molecule has 0 bridgehead atoms. The van der Waals surface area contributed by atoms with Gasteiger partial charge in [0.05, 0.1) is 11.1 Å². The molecule has 2 rings (SSSR count). The van der Waals surface area contributed by atoms with Crippen molar-refractivity contribution in [1.82, 2.24) is 0 Å². The molecule has 0 unspecified atom stereocenters. The molecule has 102 valence electrons. The van der Waals surface area contributed by atoms with Crippen molar-refractivity contribution in [2.75, 3.05) is 0 Å². The van der Waals surface area contributed by atoms with Crippen LogP contribution in [0.3, 0.4) is 0 Å². The van der Waals surface area contributed by atoms with E-state index < -0.39 is 17.7 Å². The van der Waals surface area contributed by atoms with Gasteiger partial charge in [0.1, 0.15) is 0 Å². The number of carbonyl (C=O) groups is 2. The zero-order valence-electron chi connectivity index (χ0n) is 10.5. The third kappa shape index (κ3) is 3.32. The van der Waals surface area contributed by atoms with Crippen LogP contribution in [-0.4, -0.2) is 27.9 Å². The molecule has 0 amide bonds. The predicted octanol–water partition coefficient (Wildman–Crippen LogP) is 2.19. The van der Waals surface area contributed by atoms with Crippen LogP contribution in [0.5, 0.6) is 0 Å². The molecule has 0 saturated heterocycles. The van der Waals surface area contributed by atoms with Gasteiger partial charge in [0.15, 0.2) is 0 Å². The van der Waals surface area contributed by atoms with E-state index in [-0.39, 0.29) is 11.1 Å². The Morgan fingerprint density at radius 3 is 2.05 bits per heavy atom. The van der Waals surface area contributed by atoms with E-state index in [1.54, 1.807) is 0 Å². The van der Waals surface area contributed by atoms with Crippen LogP contribution < -0.4 is 0 Å². The first-order valence-corrected chi connectivity index (χ1v) is 6.29. The van der Waals surface area contributed by atoms with Gasteiger partial charge in [-0.1, -0.05) is 6.42 Å². The number of hydrogen-bond donors (Lipinski definition) is 2. The fourth-order valence-corrected chi connectivity index (χ4v) is 2.19. The lowest BCUT2D eigenvalue weighted by Crippen LogP contribution is -2.36. The van der Waals surface area contributed by atoms with Gasteiger partial charge in [0.2, 0.25) is 5.79 Å². The van der Waals surface area contributed by atoms with E-state index in [1.165, 1.54) is 24.3 Å². The molecule has 1 aliphatic carbocycles. The van der Waals surface area contributed by atoms with E-state index in [0.717, 1.165) is 19.3 Å². The normalized spacial score (nSPS) is 17.7. The lowest BCUT2D eigenvalue weighted by atomic mass is 9.94. The molecule has 5 nitrogen and oxygen atoms in total. The minimum atomic E-state index is -1.37. The first-order chi connectivity index (χ1) is 9.00. The lowest BCUT2D eigenvalue weighted by molar-refractivity contribution is -0.183. The van der Waals surface area contributed by atoms with Gasteiger partial charge < -0.3 is 14.9 Å². The summed E-state index contributed by atoms with van der Waals surface area (Å²) in [4.78, 5) is 22.6. The highest BCUT2D eigenvalue weighted by atomic mass is 16.7. The second-order valence-corrected chi connectivity index (χ2v) is 4.78. The number of aliphatic hydroxyl groups is 1. The van der Waals surface area contributed by atoms with E-state index >= 15 is 0 Å². The van der Waals surface area contributed by atoms with E-state index in [1.807, 2.05) is 0 Å². The number of carbonyl (C=O) groups excluding carboxylic acids is 1. The second kappa shape index (κ2) is 5.40. The van der Waals surface area contributed by atoms with E-state index in [4.69, 9.17) is 9.84 Å². The summed E-state index contributed by atoms with van der Waals surface area (Å²) in [5.41, 5.74) is 0.344. The van der Waals surface area contributed by atoms with Crippen molar-refractivity contribution in [3.63, 3.8) is 0 Å². The average molecular weight is 264 g/mol. The maximum absolute atomic E-state index is 11.9. The number of ether oxygens (including phenoxy) is 1. The third-order valence-electron chi connectivity index (χ3n) is 3.29. The summed E-state index contributed by atoms with van der Waals surface area (Å²) < 4.78 is 5.13. The van der Waals surface area contributed by atoms with Crippen molar-refractivity contribution in [3.05, 3.63) is 35.4 Å². The summed E-state index contributed by atoms with van der Waals surface area (Å²) in [6.45, 7) is 0. The Labute approximate surface area is 110 Å². The minimum absolute atomic E-state index is 0.105. The summed E-state index contributed by atoms with van der Waals surface area (Å²) in [6.07, 6.45) is 3.61. The first kappa shape index (κ1) is 13.5. The maximum atomic E-state index is 11.9. The van der Waals surface area contributed by atoms with Gasteiger partial charge in [-0.2, -0.15) is 0 Å². The van der Waals surface area contributed by atoms with Gasteiger partial charge in [-0.25, -0.2) is 9.59 Å². The number of carboxylic acids is 1. The van der Waals surface area contributed by atoms with Crippen LogP contribution in [0.15, 0.2) is 24.3 Å². The maximum Gasteiger partial charge on any atom is 0.340 e. The van der Waals surface area contributed by atoms with Crippen LogP contribution in [0.4, 0.5) is 0 Å². The smallest absolute Gasteiger partial charge is 0.340 e. The van der Waals surface area contributed by atoms with Crippen LogP contribution in [-0.2, 0) is 4.74 Å². The fourth-order valence-electron chi connectivity index (χ4n) is 2.19. The van der Waals surface area contributed by atoms with Crippen molar-refractivity contribution in [2.24, 2.45) is 0 Å². The SMILES string of the molecule is O=C(O)c1ccc(C(=O)OC2(O)CCCCC2)cc1. The second-order valence-electron chi connectivity index (χ2n) is 4.78. The molecule has 0 heterocycles. The van der Waals surface area contributed by atoms with Crippen molar-refractivity contribution in [2.45, 2.75) is 37.9 Å². The van der Waals surface area contributed by atoms with Gasteiger partial charge in [-0.3, -0.25) is 0 Å². The number of carboxylic acid groups (broad SMARTS) is 1. The topological polar surface area (TPSA) is 83.8 Å². The highest BCUT2D eigenvalue weighted by Crippen LogP contribution is 2.29. The number of rotatable bonds is 3. The summed E-state index contributed by atoms with van der Waals surface area (Å²) in [7, 11) is 0. The van der Waals surface area contributed by atoms with Crippen LogP contribution in [0.2, 0.25) is 0 Å². The Kier molecular flexibility index (Phi) is 3.85. The molecule has 1 aromatic carbocycles. The van der Waals surface area contributed by atoms with Crippen molar-refractivity contribution in [3.8, 4) is 0 Å². The molecule has 1 saturated carbocycles. The molecule has 0 spiro atoms. The molecule has 0 aliphatic heterocycles. The van der Waals surface area contributed by atoms with Gasteiger partial charge >= 0.3 is 11.9 Å². The number of hydrogen-bond acceptors (Lipinski definition) is 4. The number of aromatic carboxylic acids is 1. The van der Waals surface area contributed by atoms with E-state index in [9.17, 15) is 14.7 Å². The molecular formula is C14H16O5. The third-order valence-corrected chi connectivity index (χ3v) is 3.29. The van der Waals surface area contributed by atoms with Crippen LogP contribution >= 0.6 is 0 Å². The highest BCUT2D eigenvalue weighted by Gasteiger charge is 2.33. The standard InChI is InChI=1S/C14H16O5/c15-12(16)10-4-6-11(7-5-10)13(17)19-14(18)8-2-1-3-9-14/h4-7,18H,1-3,8-9H2,(H,15,16). The van der Waals surface area contributed by atoms with Crippen molar-refractivity contribution >= 4 is 11.9 Å². The van der Waals surface area contributed by atoms with Gasteiger partial charge in [-0.05, 0) is 37.1 Å². The van der Waals surface area contributed by atoms with Gasteiger partial charge in [0, 0.05) is 12.8 Å². The molecule has 0 aromatic heterocycles. The Hall–Kier alpha value is -1.88. The first-order valence-electron chi connectivity index (χ1n) is 6.29. The molecule has 2 N–H and O–H groups in total. The Bertz CT molecular complexity index is 471. The zero-order valence-corrected chi connectivity index (χ0v) is 10.5. The van der Waals surface area contributed by atoms with E-state index in [0.29, 0.717) is 12.8 Å². The molecule has 1 aliphatic rings. The zero-order chi connectivity index (χ0) is 13.9. The predicted molar refractivity (Wildman–Crippen MR) is 66.9 cm³/mol. The average Bonchev–Trinajstić information content (AvgIpc) is 2.39. The summed E-state index contributed by atoms with van der Waals surface area (Å²) in [5, 5.41) is 18.9. The minimum Gasteiger partial charge on any atom is -0.478 e. The monoisotopic (exact) mass is 264 g/mol. The van der Waals surface area contributed by atoms with Gasteiger partial charge in [-0.15, -0.1) is 0 Å².